The minimum Gasteiger partial charge on any atom is -0.493 e. The fourth-order valence-corrected chi connectivity index (χ4v) is 2.73. The lowest BCUT2D eigenvalue weighted by molar-refractivity contribution is 0.103. The normalized spacial score (nSPS) is 12.9. The SMILES string of the molecule is Cc1cc(C(=O)c2ccc3c(c2)CCO3)c(C)cc1Cl. The fourth-order valence-electron chi connectivity index (χ4n) is 2.51. The Morgan fingerprint density at radius 1 is 1.15 bits per heavy atom. The fraction of sp³-hybridized carbons (Fsp3) is 0.235. The number of hydrogen-bond donors (Lipinski definition) is 0. The van der Waals surface area contributed by atoms with Crippen molar-refractivity contribution in [3.05, 3.63) is 63.2 Å². The van der Waals surface area contributed by atoms with Gasteiger partial charge in [-0.25, -0.2) is 0 Å². The third-order valence-electron chi connectivity index (χ3n) is 3.70. The Morgan fingerprint density at radius 3 is 2.75 bits per heavy atom. The third-order valence-corrected chi connectivity index (χ3v) is 4.11. The molecule has 1 aliphatic heterocycles. The van der Waals surface area contributed by atoms with Crippen molar-refractivity contribution in [3.63, 3.8) is 0 Å². The minimum absolute atomic E-state index is 0.0389. The van der Waals surface area contributed by atoms with E-state index in [9.17, 15) is 4.79 Å². The number of carbonyl (C=O) groups excluding carboxylic acids is 1. The van der Waals surface area contributed by atoms with E-state index in [1.54, 1.807) is 0 Å². The second-order valence-electron chi connectivity index (χ2n) is 5.17. The van der Waals surface area contributed by atoms with Gasteiger partial charge in [0.15, 0.2) is 5.78 Å². The second kappa shape index (κ2) is 4.95. The molecular weight excluding hydrogens is 272 g/mol. The number of aryl methyl sites for hydroxylation is 2. The van der Waals surface area contributed by atoms with Gasteiger partial charge in [-0.05, 0) is 60.9 Å². The molecule has 2 nitrogen and oxygen atoms in total. The Hall–Kier alpha value is -1.80. The number of benzene rings is 2. The first-order valence-electron chi connectivity index (χ1n) is 6.63. The highest BCUT2D eigenvalue weighted by Gasteiger charge is 2.17. The van der Waals surface area contributed by atoms with E-state index in [1.165, 1.54) is 0 Å². The van der Waals surface area contributed by atoms with Crippen molar-refractivity contribution < 1.29 is 9.53 Å². The molecule has 0 radical (unpaired) electrons. The third kappa shape index (κ3) is 2.20. The van der Waals surface area contributed by atoms with Gasteiger partial charge in [0, 0.05) is 22.6 Å². The molecule has 2 aromatic carbocycles. The first kappa shape index (κ1) is 13.2. The standard InChI is InChI=1S/C17H15ClO2/c1-10-8-15(18)11(2)7-14(10)17(19)13-3-4-16-12(9-13)5-6-20-16/h3-4,7-9H,5-6H2,1-2H3. The summed E-state index contributed by atoms with van der Waals surface area (Å²) in [6.07, 6.45) is 0.870. The van der Waals surface area contributed by atoms with Crippen LogP contribution >= 0.6 is 11.6 Å². The van der Waals surface area contributed by atoms with Crippen molar-refractivity contribution in [1.29, 1.82) is 0 Å². The predicted octanol–water partition coefficient (Wildman–Crippen LogP) is 4.12. The summed E-state index contributed by atoms with van der Waals surface area (Å²) in [4.78, 5) is 12.6. The molecule has 0 aromatic heterocycles. The quantitative estimate of drug-likeness (QED) is 0.776. The van der Waals surface area contributed by atoms with Crippen LogP contribution in [0.3, 0.4) is 0 Å². The summed E-state index contributed by atoms with van der Waals surface area (Å²) in [6.45, 7) is 4.52. The average molecular weight is 287 g/mol. The molecule has 3 rings (SSSR count). The summed E-state index contributed by atoms with van der Waals surface area (Å²) >= 11 is 6.09. The molecular formula is C17H15ClO2. The minimum atomic E-state index is 0.0389. The molecule has 0 bridgehead atoms. The van der Waals surface area contributed by atoms with Crippen molar-refractivity contribution >= 4 is 17.4 Å². The highest BCUT2D eigenvalue weighted by molar-refractivity contribution is 6.31. The zero-order valence-electron chi connectivity index (χ0n) is 11.5. The van der Waals surface area contributed by atoms with Gasteiger partial charge in [0.05, 0.1) is 6.61 Å². The molecule has 0 amide bonds. The smallest absolute Gasteiger partial charge is 0.193 e. The maximum absolute atomic E-state index is 12.6. The van der Waals surface area contributed by atoms with Gasteiger partial charge in [-0.2, -0.15) is 0 Å². The van der Waals surface area contributed by atoms with Crippen LogP contribution < -0.4 is 4.74 Å². The van der Waals surface area contributed by atoms with E-state index in [-0.39, 0.29) is 5.78 Å². The summed E-state index contributed by atoms with van der Waals surface area (Å²) in [6, 6.07) is 9.36. The van der Waals surface area contributed by atoms with Gasteiger partial charge in [0.2, 0.25) is 0 Å². The van der Waals surface area contributed by atoms with E-state index in [1.807, 2.05) is 44.2 Å². The molecule has 0 spiro atoms. The van der Waals surface area contributed by atoms with Crippen LogP contribution in [-0.2, 0) is 6.42 Å². The highest BCUT2D eigenvalue weighted by atomic mass is 35.5. The molecule has 0 saturated carbocycles. The van der Waals surface area contributed by atoms with Crippen LogP contribution in [0.2, 0.25) is 5.02 Å². The van der Waals surface area contributed by atoms with Crippen LogP contribution in [0.5, 0.6) is 5.75 Å². The zero-order chi connectivity index (χ0) is 14.3. The number of ether oxygens (including phenoxy) is 1. The van der Waals surface area contributed by atoms with Crippen LogP contribution in [0.25, 0.3) is 0 Å². The molecule has 0 atom stereocenters. The van der Waals surface area contributed by atoms with Crippen LogP contribution in [0.15, 0.2) is 30.3 Å². The molecule has 1 heterocycles. The number of carbonyl (C=O) groups is 1. The highest BCUT2D eigenvalue weighted by Crippen LogP contribution is 2.28. The second-order valence-corrected chi connectivity index (χ2v) is 5.57. The summed E-state index contributed by atoms with van der Waals surface area (Å²) in [5, 5.41) is 0.696. The topological polar surface area (TPSA) is 26.3 Å². The van der Waals surface area contributed by atoms with E-state index in [0.29, 0.717) is 22.8 Å². The number of ketones is 1. The predicted molar refractivity (Wildman–Crippen MR) is 80.0 cm³/mol. The monoisotopic (exact) mass is 286 g/mol. The Bertz CT molecular complexity index is 704. The van der Waals surface area contributed by atoms with Gasteiger partial charge in [-0.1, -0.05) is 11.6 Å². The van der Waals surface area contributed by atoms with Gasteiger partial charge in [0.25, 0.3) is 0 Å². The Labute approximate surface area is 123 Å². The van der Waals surface area contributed by atoms with E-state index in [2.05, 4.69) is 0 Å². The van der Waals surface area contributed by atoms with Gasteiger partial charge in [-0.15, -0.1) is 0 Å². The van der Waals surface area contributed by atoms with E-state index < -0.39 is 0 Å². The van der Waals surface area contributed by atoms with Crippen LogP contribution in [0.1, 0.15) is 32.6 Å². The largest absolute Gasteiger partial charge is 0.493 e. The lowest BCUT2D eigenvalue weighted by Crippen LogP contribution is -2.05. The summed E-state index contributed by atoms with van der Waals surface area (Å²) < 4.78 is 5.47. The number of hydrogen-bond acceptors (Lipinski definition) is 2. The molecule has 3 heteroatoms. The van der Waals surface area contributed by atoms with Crippen LogP contribution in [-0.4, -0.2) is 12.4 Å². The van der Waals surface area contributed by atoms with Crippen LogP contribution in [0, 0.1) is 13.8 Å². The van der Waals surface area contributed by atoms with Crippen molar-refractivity contribution in [2.24, 2.45) is 0 Å². The Kier molecular flexibility index (Phi) is 3.27. The average Bonchev–Trinajstić information content (AvgIpc) is 2.89. The summed E-state index contributed by atoms with van der Waals surface area (Å²) in [7, 11) is 0. The maximum atomic E-state index is 12.6. The maximum Gasteiger partial charge on any atom is 0.193 e. The lowest BCUT2D eigenvalue weighted by Gasteiger charge is -2.09. The van der Waals surface area contributed by atoms with E-state index in [4.69, 9.17) is 16.3 Å². The van der Waals surface area contributed by atoms with Gasteiger partial charge < -0.3 is 4.74 Å². The van der Waals surface area contributed by atoms with Crippen molar-refractivity contribution in [3.8, 4) is 5.75 Å². The zero-order valence-corrected chi connectivity index (χ0v) is 12.3. The summed E-state index contributed by atoms with van der Waals surface area (Å²) in [5.74, 6) is 0.933. The number of halogens is 1. The van der Waals surface area contributed by atoms with Crippen LogP contribution in [0.4, 0.5) is 0 Å². The van der Waals surface area contributed by atoms with Gasteiger partial charge >= 0.3 is 0 Å². The van der Waals surface area contributed by atoms with Gasteiger partial charge in [-0.3, -0.25) is 4.79 Å². The van der Waals surface area contributed by atoms with E-state index >= 15 is 0 Å². The molecule has 1 aliphatic rings. The molecule has 20 heavy (non-hydrogen) atoms. The molecule has 0 saturated heterocycles. The Morgan fingerprint density at radius 2 is 1.95 bits per heavy atom. The molecule has 102 valence electrons. The van der Waals surface area contributed by atoms with Gasteiger partial charge in [0.1, 0.15) is 5.75 Å². The first-order valence-corrected chi connectivity index (χ1v) is 7.01. The molecule has 0 fully saturated rings. The van der Waals surface area contributed by atoms with Crippen molar-refractivity contribution in [2.75, 3.05) is 6.61 Å². The lowest BCUT2D eigenvalue weighted by atomic mass is 9.96. The molecule has 0 unspecified atom stereocenters. The number of rotatable bonds is 2. The van der Waals surface area contributed by atoms with Crippen molar-refractivity contribution in [1.82, 2.24) is 0 Å². The molecule has 2 aromatic rings. The molecule has 0 N–H and O–H groups in total. The summed E-state index contributed by atoms with van der Waals surface area (Å²) in [5.41, 5.74) is 4.36. The first-order chi connectivity index (χ1) is 9.56. The Balaban J connectivity index is 2.03. The van der Waals surface area contributed by atoms with E-state index in [0.717, 1.165) is 28.9 Å². The number of fused-ring (bicyclic) bond motifs is 1. The van der Waals surface area contributed by atoms with Crippen molar-refractivity contribution in [2.45, 2.75) is 20.3 Å². The molecule has 0 aliphatic carbocycles.